The summed E-state index contributed by atoms with van der Waals surface area (Å²) in [6, 6.07) is 2.19. The van der Waals surface area contributed by atoms with Gasteiger partial charge in [-0.1, -0.05) is 20.8 Å². The Morgan fingerprint density at radius 3 is 2.69 bits per heavy atom. The first-order chi connectivity index (χ1) is 6.14. The van der Waals surface area contributed by atoms with Gasteiger partial charge < -0.3 is 4.74 Å². The number of ether oxygens (including phenoxy) is 1. The third-order valence-corrected chi connectivity index (χ3v) is 3.26. The van der Waals surface area contributed by atoms with Crippen LogP contribution in [0.15, 0.2) is 0 Å². The van der Waals surface area contributed by atoms with E-state index in [1.807, 2.05) is 0 Å². The van der Waals surface area contributed by atoms with Gasteiger partial charge in [0, 0.05) is 0 Å². The molecule has 0 aromatic carbocycles. The Kier molecular flexibility index (Phi) is 3.33. The van der Waals surface area contributed by atoms with Gasteiger partial charge in [-0.25, -0.2) is 0 Å². The van der Waals surface area contributed by atoms with Crippen molar-refractivity contribution in [3.63, 3.8) is 0 Å². The van der Waals surface area contributed by atoms with Crippen LogP contribution >= 0.6 is 0 Å². The van der Waals surface area contributed by atoms with Gasteiger partial charge in [0.15, 0.2) is 0 Å². The monoisotopic (exact) mass is 181 g/mol. The maximum atomic E-state index is 8.58. The molecule has 1 saturated heterocycles. The normalized spacial score (nSPS) is 33.6. The van der Waals surface area contributed by atoms with Crippen molar-refractivity contribution >= 4 is 0 Å². The van der Waals surface area contributed by atoms with Crippen molar-refractivity contribution in [1.29, 1.82) is 5.26 Å². The second-order valence-electron chi connectivity index (χ2n) is 4.21. The molecule has 0 aromatic rings. The number of nitrogens with zero attached hydrogens (tertiary/aromatic N) is 1. The second-order valence-corrected chi connectivity index (χ2v) is 4.21. The predicted molar refractivity (Wildman–Crippen MR) is 52.2 cm³/mol. The predicted octanol–water partition coefficient (Wildman–Crippen LogP) is 2.88. The van der Waals surface area contributed by atoms with Gasteiger partial charge in [0.25, 0.3) is 0 Å². The minimum atomic E-state index is 0.0571. The van der Waals surface area contributed by atoms with E-state index in [1.54, 1.807) is 0 Å². The third-order valence-electron chi connectivity index (χ3n) is 3.26. The highest BCUT2D eigenvalue weighted by atomic mass is 16.5. The van der Waals surface area contributed by atoms with E-state index in [0.29, 0.717) is 12.3 Å². The van der Waals surface area contributed by atoms with E-state index < -0.39 is 0 Å². The largest absolute Gasteiger partial charge is 0.370 e. The van der Waals surface area contributed by atoms with Crippen molar-refractivity contribution in [3.8, 4) is 6.07 Å². The number of rotatable bonds is 3. The first-order valence-corrected chi connectivity index (χ1v) is 5.19. The van der Waals surface area contributed by atoms with Crippen molar-refractivity contribution < 1.29 is 4.74 Å². The summed E-state index contributed by atoms with van der Waals surface area (Å²) < 4.78 is 5.98. The molecule has 0 saturated carbocycles. The topological polar surface area (TPSA) is 33.0 Å². The lowest BCUT2D eigenvalue weighted by atomic mass is 9.85. The summed E-state index contributed by atoms with van der Waals surface area (Å²) in [6.45, 7) is 6.59. The van der Waals surface area contributed by atoms with Crippen LogP contribution in [0.1, 0.15) is 46.5 Å². The summed E-state index contributed by atoms with van der Waals surface area (Å²) >= 11 is 0. The van der Waals surface area contributed by atoms with Crippen LogP contribution in [0.25, 0.3) is 0 Å². The number of hydrogen-bond donors (Lipinski definition) is 0. The van der Waals surface area contributed by atoms with Gasteiger partial charge in [-0.15, -0.1) is 0 Å². The summed E-state index contributed by atoms with van der Waals surface area (Å²) in [5.41, 5.74) is 0.0571. The van der Waals surface area contributed by atoms with Gasteiger partial charge in [0.1, 0.15) is 0 Å². The van der Waals surface area contributed by atoms with Crippen LogP contribution < -0.4 is 0 Å². The van der Waals surface area contributed by atoms with Crippen molar-refractivity contribution in [3.05, 3.63) is 0 Å². The van der Waals surface area contributed by atoms with E-state index in [4.69, 9.17) is 10.00 Å². The fourth-order valence-corrected chi connectivity index (χ4v) is 2.19. The molecule has 1 fully saturated rings. The van der Waals surface area contributed by atoms with Crippen LogP contribution in [-0.4, -0.2) is 11.7 Å². The summed E-state index contributed by atoms with van der Waals surface area (Å²) in [4.78, 5) is 0. The van der Waals surface area contributed by atoms with Crippen molar-refractivity contribution in [2.24, 2.45) is 5.92 Å². The molecule has 2 unspecified atom stereocenters. The fraction of sp³-hybridized carbons (Fsp3) is 0.909. The number of nitriles is 1. The van der Waals surface area contributed by atoms with Crippen LogP contribution in [0, 0.1) is 17.2 Å². The molecule has 1 heterocycles. The molecule has 0 radical (unpaired) electrons. The molecule has 74 valence electrons. The Hall–Kier alpha value is -0.550. The Labute approximate surface area is 80.9 Å². The van der Waals surface area contributed by atoms with Crippen molar-refractivity contribution in [2.45, 2.75) is 58.2 Å². The first-order valence-electron chi connectivity index (χ1n) is 5.19. The summed E-state index contributed by atoms with van der Waals surface area (Å²) in [5, 5.41) is 8.58. The molecular formula is C11H19NO. The lowest BCUT2D eigenvalue weighted by Crippen LogP contribution is -2.34. The Morgan fingerprint density at radius 1 is 1.62 bits per heavy atom. The highest BCUT2D eigenvalue weighted by Crippen LogP contribution is 2.39. The summed E-state index contributed by atoms with van der Waals surface area (Å²) in [5.74, 6) is 0.557. The highest BCUT2D eigenvalue weighted by molar-refractivity contribution is 4.93. The second kappa shape index (κ2) is 4.11. The molecule has 1 rings (SSSR count). The summed E-state index contributed by atoms with van der Waals surface area (Å²) in [6.07, 6.45) is 3.97. The standard InChI is InChI=1S/C11H19NO/c1-4-11(9(2)3)7-5-10(13-11)6-8-12/h9-10H,4-7H2,1-3H3. The van der Waals surface area contributed by atoms with Crippen LogP contribution in [0.2, 0.25) is 0 Å². The van der Waals surface area contributed by atoms with E-state index in [-0.39, 0.29) is 11.7 Å². The zero-order valence-corrected chi connectivity index (χ0v) is 8.84. The van der Waals surface area contributed by atoms with Gasteiger partial charge >= 0.3 is 0 Å². The molecule has 2 heteroatoms. The lowest BCUT2D eigenvalue weighted by Gasteiger charge is -2.32. The van der Waals surface area contributed by atoms with Crippen LogP contribution in [0.3, 0.4) is 0 Å². The minimum Gasteiger partial charge on any atom is -0.370 e. The first kappa shape index (κ1) is 10.5. The molecular weight excluding hydrogens is 162 g/mol. The van der Waals surface area contributed by atoms with E-state index >= 15 is 0 Å². The smallest absolute Gasteiger partial charge is 0.0713 e. The molecule has 0 spiro atoms. The molecule has 0 bridgehead atoms. The minimum absolute atomic E-state index is 0.0571. The van der Waals surface area contributed by atoms with Gasteiger partial charge in [0.05, 0.1) is 24.2 Å². The Balaban J connectivity index is 2.59. The van der Waals surface area contributed by atoms with Gasteiger partial charge in [-0.2, -0.15) is 5.26 Å². The molecule has 2 nitrogen and oxygen atoms in total. The van der Waals surface area contributed by atoms with Crippen LogP contribution in [0.5, 0.6) is 0 Å². The van der Waals surface area contributed by atoms with Gasteiger partial charge in [-0.3, -0.25) is 0 Å². The Bertz CT molecular complexity index is 207. The SMILES string of the molecule is CCC1(C(C)C)CCC(CC#N)O1. The van der Waals surface area contributed by atoms with Gasteiger partial charge in [-0.05, 0) is 25.2 Å². The average molecular weight is 181 g/mol. The zero-order valence-electron chi connectivity index (χ0n) is 8.84. The lowest BCUT2D eigenvalue weighted by molar-refractivity contribution is -0.0718. The molecule has 0 aromatic heterocycles. The van der Waals surface area contributed by atoms with Crippen molar-refractivity contribution in [2.75, 3.05) is 0 Å². The number of hydrogen-bond acceptors (Lipinski definition) is 2. The van der Waals surface area contributed by atoms with E-state index in [0.717, 1.165) is 19.3 Å². The maximum absolute atomic E-state index is 8.58. The third kappa shape index (κ3) is 2.03. The Morgan fingerprint density at radius 2 is 2.31 bits per heavy atom. The highest BCUT2D eigenvalue weighted by Gasteiger charge is 2.40. The molecule has 0 N–H and O–H groups in total. The van der Waals surface area contributed by atoms with Crippen LogP contribution in [0.4, 0.5) is 0 Å². The summed E-state index contributed by atoms with van der Waals surface area (Å²) in [7, 11) is 0. The van der Waals surface area contributed by atoms with E-state index in [1.165, 1.54) is 0 Å². The molecule has 1 aliphatic heterocycles. The van der Waals surface area contributed by atoms with E-state index in [9.17, 15) is 0 Å². The van der Waals surface area contributed by atoms with Crippen LogP contribution in [-0.2, 0) is 4.74 Å². The maximum Gasteiger partial charge on any atom is 0.0713 e. The molecule has 0 aliphatic carbocycles. The van der Waals surface area contributed by atoms with E-state index in [2.05, 4.69) is 26.8 Å². The molecule has 0 amide bonds. The van der Waals surface area contributed by atoms with Gasteiger partial charge in [0.2, 0.25) is 0 Å². The average Bonchev–Trinajstić information content (AvgIpc) is 2.50. The molecule has 1 aliphatic rings. The quantitative estimate of drug-likeness (QED) is 0.670. The fourth-order valence-electron chi connectivity index (χ4n) is 2.19. The molecule has 2 atom stereocenters. The zero-order chi connectivity index (χ0) is 9.90. The van der Waals surface area contributed by atoms with Crippen molar-refractivity contribution in [1.82, 2.24) is 0 Å². The molecule has 13 heavy (non-hydrogen) atoms.